The maximum atomic E-state index is 13.3. The number of likely N-dealkylation sites (tertiary alicyclic amines) is 1. The van der Waals surface area contributed by atoms with Crippen LogP contribution in [-0.2, 0) is 4.79 Å². The summed E-state index contributed by atoms with van der Waals surface area (Å²) in [7, 11) is 0. The van der Waals surface area contributed by atoms with E-state index >= 15 is 0 Å². The highest BCUT2D eigenvalue weighted by atomic mass is 19.1. The van der Waals surface area contributed by atoms with Crippen molar-refractivity contribution < 1.29 is 19.1 Å². The molecule has 1 aromatic rings. The number of nitrogens with zero attached hydrogens (tertiary/aromatic N) is 1. The Balaban J connectivity index is 2.01. The summed E-state index contributed by atoms with van der Waals surface area (Å²) in [6.45, 7) is 2.90. The van der Waals surface area contributed by atoms with Gasteiger partial charge < -0.3 is 10.0 Å². The van der Waals surface area contributed by atoms with E-state index in [-0.39, 0.29) is 24.1 Å². The highest BCUT2D eigenvalue weighted by molar-refractivity contribution is 5.94. The molecule has 0 spiro atoms. The standard InChI is InChI=1S/C16H20FNO3/c1-11-9-13(5-6-14(11)17)16(21)18-8-2-3-12(10-18)4-7-15(19)20/h5-6,9,12H,2-4,7-8,10H2,1H3,(H,19,20)/t12-/m0/s1. The molecule has 1 aliphatic heterocycles. The zero-order valence-electron chi connectivity index (χ0n) is 12.1. The molecule has 0 aromatic heterocycles. The van der Waals surface area contributed by atoms with Crippen LogP contribution in [0.2, 0.25) is 0 Å². The van der Waals surface area contributed by atoms with Crippen molar-refractivity contribution in [2.24, 2.45) is 5.92 Å². The van der Waals surface area contributed by atoms with E-state index in [9.17, 15) is 14.0 Å². The smallest absolute Gasteiger partial charge is 0.303 e. The molecule has 1 saturated heterocycles. The van der Waals surface area contributed by atoms with Gasteiger partial charge in [0, 0.05) is 25.1 Å². The van der Waals surface area contributed by atoms with E-state index < -0.39 is 5.97 Å². The van der Waals surface area contributed by atoms with Crippen LogP contribution in [0.25, 0.3) is 0 Å². The second kappa shape index (κ2) is 6.70. The molecule has 0 aliphatic carbocycles. The molecule has 1 atom stereocenters. The molecule has 1 aromatic carbocycles. The number of hydrogen-bond donors (Lipinski definition) is 1. The second-order valence-electron chi connectivity index (χ2n) is 5.66. The SMILES string of the molecule is Cc1cc(C(=O)N2CCC[C@@H](CCC(=O)O)C2)ccc1F. The van der Waals surface area contributed by atoms with Crippen LogP contribution < -0.4 is 0 Å². The number of carbonyl (C=O) groups is 2. The van der Waals surface area contributed by atoms with E-state index in [4.69, 9.17) is 5.11 Å². The Kier molecular flexibility index (Phi) is 4.94. The maximum Gasteiger partial charge on any atom is 0.303 e. The lowest BCUT2D eigenvalue weighted by atomic mass is 9.93. The van der Waals surface area contributed by atoms with Crippen LogP contribution in [0, 0.1) is 18.7 Å². The number of carbonyl (C=O) groups excluding carboxylic acids is 1. The van der Waals surface area contributed by atoms with Crippen molar-refractivity contribution in [1.29, 1.82) is 0 Å². The molecule has 21 heavy (non-hydrogen) atoms. The predicted octanol–water partition coefficient (Wildman–Crippen LogP) is 2.85. The van der Waals surface area contributed by atoms with Gasteiger partial charge in [-0.05, 0) is 55.9 Å². The molecule has 0 bridgehead atoms. The molecule has 0 unspecified atom stereocenters. The molecule has 114 valence electrons. The lowest BCUT2D eigenvalue weighted by Gasteiger charge is -2.32. The van der Waals surface area contributed by atoms with Crippen molar-refractivity contribution in [2.45, 2.75) is 32.6 Å². The molecule has 5 heteroatoms. The first-order valence-electron chi connectivity index (χ1n) is 7.24. The first-order chi connectivity index (χ1) is 9.97. The first kappa shape index (κ1) is 15.5. The number of amides is 1. The monoisotopic (exact) mass is 293 g/mol. The molecule has 0 radical (unpaired) electrons. The highest BCUT2D eigenvalue weighted by Crippen LogP contribution is 2.23. The van der Waals surface area contributed by atoms with Gasteiger partial charge in [-0.25, -0.2) is 4.39 Å². The molecule has 2 rings (SSSR count). The van der Waals surface area contributed by atoms with Crippen LogP contribution in [0.5, 0.6) is 0 Å². The van der Waals surface area contributed by atoms with Gasteiger partial charge in [0.15, 0.2) is 0 Å². The average molecular weight is 293 g/mol. The first-order valence-corrected chi connectivity index (χ1v) is 7.24. The minimum atomic E-state index is -0.799. The van der Waals surface area contributed by atoms with Crippen molar-refractivity contribution in [3.63, 3.8) is 0 Å². The van der Waals surface area contributed by atoms with Crippen molar-refractivity contribution in [1.82, 2.24) is 4.90 Å². The summed E-state index contributed by atoms with van der Waals surface area (Å²) in [5, 5.41) is 8.74. The Morgan fingerprint density at radius 1 is 1.43 bits per heavy atom. The van der Waals surface area contributed by atoms with Crippen LogP contribution in [0.3, 0.4) is 0 Å². The fraction of sp³-hybridized carbons (Fsp3) is 0.500. The van der Waals surface area contributed by atoms with Crippen LogP contribution in [0.4, 0.5) is 4.39 Å². The number of hydrogen-bond acceptors (Lipinski definition) is 2. The van der Waals surface area contributed by atoms with Gasteiger partial charge in [-0.3, -0.25) is 9.59 Å². The largest absolute Gasteiger partial charge is 0.481 e. The van der Waals surface area contributed by atoms with Crippen LogP contribution in [-0.4, -0.2) is 35.0 Å². The Morgan fingerprint density at radius 3 is 2.86 bits per heavy atom. The van der Waals surface area contributed by atoms with E-state index in [0.717, 1.165) is 12.8 Å². The third-order valence-corrected chi connectivity index (χ3v) is 3.98. The summed E-state index contributed by atoms with van der Waals surface area (Å²) in [6, 6.07) is 4.39. The summed E-state index contributed by atoms with van der Waals surface area (Å²) in [6.07, 6.45) is 2.58. The fourth-order valence-electron chi connectivity index (χ4n) is 2.77. The quantitative estimate of drug-likeness (QED) is 0.928. The number of aliphatic carboxylic acids is 1. The van der Waals surface area contributed by atoms with Crippen molar-refractivity contribution in [3.05, 3.63) is 35.1 Å². The highest BCUT2D eigenvalue weighted by Gasteiger charge is 2.25. The van der Waals surface area contributed by atoms with E-state index in [1.807, 2.05) is 0 Å². The maximum absolute atomic E-state index is 13.3. The Hall–Kier alpha value is -1.91. The van der Waals surface area contributed by atoms with Gasteiger partial charge in [0.1, 0.15) is 5.82 Å². The van der Waals surface area contributed by atoms with Crippen LogP contribution >= 0.6 is 0 Å². The number of rotatable bonds is 4. The van der Waals surface area contributed by atoms with Gasteiger partial charge in [0.25, 0.3) is 5.91 Å². The molecule has 4 nitrogen and oxygen atoms in total. The average Bonchev–Trinajstić information content (AvgIpc) is 2.47. The lowest BCUT2D eigenvalue weighted by molar-refractivity contribution is -0.137. The number of halogens is 1. The zero-order chi connectivity index (χ0) is 15.4. The Labute approximate surface area is 123 Å². The normalized spacial score (nSPS) is 18.6. The number of piperidine rings is 1. The van der Waals surface area contributed by atoms with Crippen molar-refractivity contribution in [3.8, 4) is 0 Å². The summed E-state index contributed by atoms with van der Waals surface area (Å²) in [4.78, 5) is 24.8. The lowest BCUT2D eigenvalue weighted by Crippen LogP contribution is -2.40. The topological polar surface area (TPSA) is 57.6 Å². The van der Waals surface area contributed by atoms with Crippen LogP contribution in [0.15, 0.2) is 18.2 Å². The van der Waals surface area contributed by atoms with E-state index in [0.29, 0.717) is 30.6 Å². The Bertz CT molecular complexity index is 544. The summed E-state index contributed by atoms with van der Waals surface area (Å²) in [5.41, 5.74) is 0.952. The van der Waals surface area contributed by atoms with Crippen LogP contribution in [0.1, 0.15) is 41.6 Å². The van der Waals surface area contributed by atoms with Gasteiger partial charge >= 0.3 is 5.97 Å². The number of carboxylic acid groups (broad SMARTS) is 1. The molecule has 0 saturated carbocycles. The van der Waals surface area contributed by atoms with Gasteiger partial charge in [-0.1, -0.05) is 0 Å². The molecule has 1 amide bonds. The number of carboxylic acids is 1. The Morgan fingerprint density at radius 2 is 2.19 bits per heavy atom. The summed E-state index contributed by atoms with van der Waals surface area (Å²) < 4.78 is 13.3. The third-order valence-electron chi connectivity index (χ3n) is 3.98. The minimum absolute atomic E-state index is 0.0990. The number of aryl methyl sites for hydroxylation is 1. The van der Waals surface area contributed by atoms with Gasteiger partial charge in [0.2, 0.25) is 0 Å². The third kappa shape index (κ3) is 4.03. The zero-order valence-corrected chi connectivity index (χ0v) is 12.1. The molecule has 1 aliphatic rings. The van der Waals surface area contributed by atoms with E-state index in [2.05, 4.69) is 0 Å². The fourth-order valence-corrected chi connectivity index (χ4v) is 2.77. The number of benzene rings is 1. The molecular weight excluding hydrogens is 273 g/mol. The predicted molar refractivity (Wildman–Crippen MR) is 76.6 cm³/mol. The van der Waals surface area contributed by atoms with Gasteiger partial charge in [0.05, 0.1) is 0 Å². The summed E-state index contributed by atoms with van der Waals surface area (Å²) >= 11 is 0. The van der Waals surface area contributed by atoms with E-state index in [1.54, 1.807) is 17.9 Å². The summed E-state index contributed by atoms with van der Waals surface area (Å²) in [5.74, 6) is -0.976. The minimum Gasteiger partial charge on any atom is -0.481 e. The van der Waals surface area contributed by atoms with Gasteiger partial charge in [-0.15, -0.1) is 0 Å². The van der Waals surface area contributed by atoms with Gasteiger partial charge in [-0.2, -0.15) is 0 Å². The molecule has 1 fully saturated rings. The molecule has 1 heterocycles. The van der Waals surface area contributed by atoms with Crippen molar-refractivity contribution in [2.75, 3.05) is 13.1 Å². The van der Waals surface area contributed by atoms with E-state index in [1.165, 1.54) is 12.1 Å². The molecule has 1 N–H and O–H groups in total. The van der Waals surface area contributed by atoms with Crippen molar-refractivity contribution >= 4 is 11.9 Å². The second-order valence-corrected chi connectivity index (χ2v) is 5.66. The molecular formula is C16H20FNO3.